The average molecular weight is 374 g/mol. The number of aryl methyl sites for hydroxylation is 1. The van der Waals surface area contributed by atoms with Crippen LogP contribution in [0.5, 0.6) is 0 Å². The summed E-state index contributed by atoms with van der Waals surface area (Å²) in [5.74, 6) is 1.20. The molecular formula is C19H24ClN5O. The summed E-state index contributed by atoms with van der Waals surface area (Å²) in [6.45, 7) is 9.25. The Hall–Kier alpha value is -2.18. The first-order chi connectivity index (χ1) is 12.6. The summed E-state index contributed by atoms with van der Waals surface area (Å²) in [6.07, 6.45) is 0. The van der Waals surface area contributed by atoms with Crippen LogP contribution in [0, 0.1) is 6.92 Å². The smallest absolute Gasteiger partial charge is 0.270 e. The van der Waals surface area contributed by atoms with Gasteiger partial charge in [-0.1, -0.05) is 36.7 Å². The highest BCUT2D eigenvalue weighted by Crippen LogP contribution is 2.17. The highest BCUT2D eigenvalue weighted by Gasteiger charge is 2.19. The molecule has 1 saturated heterocycles. The minimum absolute atomic E-state index is 0.219. The molecule has 0 unspecified atom stereocenters. The van der Waals surface area contributed by atoms with E-state index in [1.54, 1.807) is 6.07 Å². The van der Waals surface area contributed by atoms with Crippen molar-refractivity contribution in [1.82, 2.24) is 20.2 Å². The minimum Gasteiger partial charge on any atom is -0.354 e. The molecular weight excluding hydrogens is 350 g/mol. The third-order valence-electron chi connectivity index (χ3n) is 4.60. The van der Waals surface area contributed by atoms with E-state index in [0.29, 0.717) is 23.1 Å². The second-order valence-corrected chi connectivity index (χ2v) is 6.76. The van der Waals surface area contributed by atoms with Crippen molar-refractivity contribution < 1.29 is 4.79 Å². The maximum atomic E-state index is 12.5. The lowest BCUT2D eigenvalue weighted by atomic mass is 10.2. The van der Waals surface area contributed by atoms with Gasteiger partial charge >= 0.3 is 0 Å². The largest absolute Gasteiger partial charge is 0.354 e. The number of likely N-dealkylation sites (N-methyl/N-ethyl adjacent to an activating group) is 1. The van der Waals surface area contributed by atoms with Gasteiger partial charge < -0.3 is 15.1 Å². The van der Waals surface area contributed by atoms with E-state index in [-0.39, 0.29) is 5.91 Å². The molecule has 1 amide bonds. The fourth-order valence-corrected chi connectivity index (χ4v) is 3.23. The maximum absolute atomic E-state index is 12.5. The molecule has 0 atom stereocenters. The summed E-state index contributed by atoms with van der Waals surface area (Å²) in [5, 5.41) is 3.53. The number of amides is 1. The molecule has 1 aromatic heterocycles. The molecule has 0 aliphatic carbocycles. The van der Waals surface area contributed by atoms with E-state index in [9.17, 15) is 4.79 Å². The number of piperazine rings is 1. The molecule has 0 saturated carbocycles. The molecule has 0 bridgehead atoms. The Bertz CT molecular complexity index is 774. The average Bonchev–Trinajstić information content (AvgIpc) is 2.66. The first kappa shape index (κ1) is 18.6. The van der Waals surface area contributed by atoms with Crippen LogP contribution in [0.2, 0.25) is 5.02 Å². The van der Waals surface area contributed by atoms with E-state index in [0.717, 1.165) is 44.1 Å². The Balaban J connectivity index is 1.69. The van der Waals surface area contributed by atoms with Gasteiger partial charge in [-0.25, -0.2) is 9.97 Å². The third kappa shape index (κ3) is 4.51. The Morgan fingerprint density at radius 3 is 2.62 bits per heavy atom. The van der Waals surface area contributed by atoms with Gasteiger partial charge in [0.25, 0.3) is 5.91 Å². The van der Waals surface area contributed by atoms with E-state index >= 15 is 0 Å². The molecule has 1 fully saturated rings. The fourth-order valence-electron chi connectivity index (χ4n) is 3.03. The van der Waals surface area contributed by atoms with Gasteiger partial charge in [0, 0.05) is 43.8 Å². The van der Waals surface area contributed by atoms with Crippen LogP contribution in [-0.4, -0.2) is 53.5 Å². The Labute approximate surface area is 159 Å². The van der Waals surface area contributed by atoms with Crippen molar-refractivity contribution in [2.45, 2.75) is 20.4 Å². The van der Waals surface area contributed by atoms with Crippen LogP contribution in [-0.2, 0) is 6.54 Å². The topological polar surface area (TPSA) is 61.4 Å². The quantitative estimate of drug-likeness (QED) is 0.872. The molecule has 3 rings (SSSR count). The molecule has 26 heavy (non-hydrogen) atoms. The molecule has 6 nitrogen and oxygen atoms in total. The zero-order chi connectivity index (χ0) is 18.5. The van der Waals surface area contributed by atoms with E-state index in [1.165, 1.54) is 0 Å². The van der Waals surface area contributed by atoms with Crippen LogP contribution in [0.15, 0.2) is 30.3 Å². The molecule has 0 spiro atoms. The van der Waals surface area contributed by atoms with E-state index in [1.807, 2.05) is 31.2 Å². The Morgan fingerprint density at radius 1 is 1.19 bits per heavy atom. The van der Waals surface area contributed by atoms with E-state index in [2.05, 4.69) is 32.0 Å². The van der Waals surface area contributed by atoms with E-state index in [4.69, 9.17) is 11.6 Å². The molecule has 2 aromatic rings. The predicted molar refractivity (Wildman–Crippen MR) is 104 cm³/mol. The van der Waals surface area contributed by atoms with Crippen LogP contribution in [0.4, 0.5) is 5.82 Å². The number of anilines is 1. The summed E-state index contributed by atoms with van der Waals surface area (Å²) in [4.78, 5) is 26.0. The van der Waals surface area contributed by atoms with Gasteiger partial charge in [-0.3, -0.25) is 4.79 Å². The summed E-state index contributed by atoms with van der Waals surface area (Å²) in [6, 6.07) is 9.25. The lowest BCUT2D eigenvalue weighted by Crippen LogP contribution is -2.46. The van der Waals surface area contributed by atoms with Crippen LogP contribution >= 0.6 is 11.6 Å². The zero-order valence-corrected chi connectivity index (χ0v) is 16.0. The van der Waals surface area contributed by atoms with Crippen molar-refractivity contribution in [2.24, 2.45) is 0 Å². The van der Waals surface area contributed by atoms with Gasteiger partial charge in [0.1, 0.15) is 17.3 Å². The minimum atomic E-state index is -0.219. The van der Waals surface area contributed by atoms with Crippen molar-refractivity contribution in [2.75, 3.05) is 37.6 Å². The molecule has 1 aromatic carbocycles. The second-order valence-electron chi connectivity index (χ2n) is 6.35. The van der Waals surface area contributed by atoms with E-state index < -0.39 is 0 Å². The number of aromatic nitrogens is 2. The van der Waals surface area contributed by atoms with Crippen LogP contribution < -0.4 is 10.2 Å². The Morgan fingerprint density at radius 2 is 1.92 bits per heavy atom. The first-order valence-corrected chi connectivity index (χ1v) is 9.29. The number of nitrogens with one attached hydrogen (secondary N) is 1. The number of benzene rings is 1. The Kier molecular flexibility index (Phi) is 6.06. The first-order valence-electron chi connectivity index (χ1n) is 8.91. The zero-order valence-electron chi connectivity index (χ0n) is 15.2. The molecule has 0 radical (unpaired) electrons. The van der Waals surface area contributed by atoms with Gasteiger partial charge in [-0.2, -0.15) is 0 Å². The molecule has 138 valence electrons. The van der Waals surface area contributed by atoms with Crippen molar-refractivity contribution in [3.8, 4) is 0 Å². The van der Waals surface area contributed by atoms with Gasteiger partial charge in [0.15, 0.2) is 0 Å². The molecule has 2 heterocycles. The highest BCUT2D eigenvalue weighted by molar-refractivity contribution is 6.31. The number of hydrogen-bond acceptors (Lipinski definition) is 5. The molecule has 1 aliphatic rings. The molecule has 1 N–H and O–H groups in total. The number of hydrogen-bond donors (Lipinski definition) is 1. The highest BCUT2D eigenvalue weighted by atomic mass is 35.5. The lowest BCUT2D eigenvalue weighted by Gasteiger charge is -2.34. The standard InChI is InChI=1S/C19H24ClN5O/c1-3-24-8-10-25(11-9-24)18-12-17(22-14(2)23-18)19(26)21-13-15-6-4-5-7-16(15)20/h4-7,12H,3,8-11,13H2,1-2H3,(H,21,26). The van der Waals surface area contributed by atoms with Gasteiger partial charge in [0.2, 0.25) is 0 Å². The van der Waals surface area contributed by atoms with Crippen molar-refractivity contribution in [3.05, 3.63) is 52.4 Å². The normalized spacial score (nSPS) is 15.1. The summed E-state index contributed by atoms with van der Waals surface area (Å²) in [5.41, 5.74) is 1.27. The molecule has 1 aliphatic heterocycles. The number of rotatable bonds is 5. The second kappa shape index (κ2) is 8.47. The fraction of sp³-hybridized carbons (Fsp3) is 0.421. The molecule has 7 heteroatoms. The summed E-state index contributed by atoms with van der Waals surface area (Å²) in [7, 11) is 0. The maximum Gasteiger partial charge on any atom is 0.270 e. The van der Waals surface area contributed by atoms with Crippen LogP contribution in [0.1, 0.15) is 28.8 Å². The number of nitrogens with zero attached hydrogens (tertiary/aromatic N) is 4. The number of halogens is 1. The number of carbonyl (C=O) groups is 1. The number of carbonyl (C=O) groups excluding carboxylic acids is 1. The van der Waals surface area contributed by atoms with Gasteiger partial charge in [-0.15, -0.1) is 0 Å². The van der Waals surface area contributed by atoms with Crippen molar-refractivity contribution in [1.29, 1.82) is 0 Å². The monoisotopic (exact) mass is 373 g/mol. The summed E-state index contributed by atoms with van der Waals surface area (Å²) < 4.78 is 0. The predicted octanol–water partition coefficient (Wildman–Crippen LogP) is 2.51. The van der Waals surface area contributed by atoms with Crippen LogP contribution in [0.25, 0.3) is 0 Å². The third-order valence-corrected chi connectivity index (χ3v) is 4.97. The summed E-state index contributed by atoms with van der Waals surface area (Å²) >= 11 is 6.14. The SMILES string of the molecule is CCN1CCN(c2cc(C(=O)NCc3ccccc3Cl)nc(C)n2)CC1. The lowest BCUT2D eigenvalue weighted by molar-refractivity contribution is 0.0945. The van der Waals surface area contributed by atoms with Crippen molar-refractivity contribution in [3.63, 3.8) is 0 Å². The van der Waals surface area contributed by atoms with Crippen molar-refractivity contribution >= 4 is 23.3 Å². The van der Waals surface area contributed by atoms with Gasteiger partial charge in [-0.05, 0) is 25.1 Å². The van der Waals surface area contributed by atoms with Crippen LogP contribution in [0.3, 0.4) is 0 Å². The van der Waals surface area contributed by atoms with Gasteiger partial charge in [0.05, 0.1) is 0 Å².